The number of furan rings is 1. The fourth-order valence-electron chi connectivity index (χ4n) is 1.53. The zero-order chi connectivity index (χ0) is 11.4. The van der Waals surface area contributed by atoms with E-state index in [4.69, 9.17) is 4.42 Å². The summed E-state index contributed by atoms with van der Waals surface area (Å²) in [7, 11) is 0. The Hall–Kier alpha value is -0.810. The molecule has 2 aromatic rings. The van der Waals surface area contributed by atoms with E-state index >= 15 is 0 Å². The van der Waals surface area contributed by atoms with Crippen LogP contribution >= 0.6 is 22.6 Å². The monoisotopic (exact) mass is 327 g/mol. The van der Waals surface area contributed by atoms with Crippen molar-refractivity contribution < 1.29 is 4.42 Å². The van der Waals surface area contributed by atoms with E-state index in [1.54, 1.807) is 0 Å². The Morgan fingerprint density at radius 1 is 1.19 bits per heavy atom. The fraction of sp³-hybridized carbons (Fsp3) is 0.231. The van der Waals surface area contributed by atoms with Crippen molar-refractivity contribution in [3.05, 3.63) is 45.7 Å². The third kappa shape index (κ3) is 2.65. The molecule has 84 valence electrons. The lowest BCUT2D eigenvalue weighted by molar-refractivity contribution is 0.498. The molecule has 0 fully saturated rings. The molecule has 0 bridgehead atoms. The average Bonchev–Trinajstić information content (AvgIpc) is 2.75. The van der Waals surface area contributed by atoms with Crippen LogP contribution in [0.2, 0.25) is 0 Å². The van der Waals surface area contributed by atoms with Gasteiger partial charge in [0.1, 0.15) is 11.5 Å². The smallest absolute Gasteiger partial charge is 0.135 e. The zero-order valence-corrected chi connectivity index (χ0v) is 11.3. The fourth-order valence-corrected chi connectivity index (χ4v) is 2.18. The molecule has 2 nitrogen and oxygen atoms in total. The molecule has 0 atom stereocenters. The molecule has 1 aromatic heterocycles. The van der Waals surface area contributed by atoms with E-state index in [0.717, 1.165) is 30.2 Å². The Morgan fingerprint density at radius 3 is 2.75 bits per heavy atom. The molecule has 0 aliphatic rings. The van der Waals surface area contributed by atoms with Crippen molar-refractivity contribution in [1.29, 1.82) is 0 Å². The third-order valence-corrected chi connectivity index (χ3v) is 3.29. The van der Waals surface area contributed by atoms with E-state index in [0.29, 0.717) is 0 Å². The molecule has 1 aromatic carbocycles. The molecule has 0 spiro atoms. The van der Waals surface area contributed by atoms with Crippen LogP contribution in [0.15, 0.2) is 40.8 Å². The van der Waals surface area contributed by atoms with E-state index in [1.807, 2.05) is 24.3 Å². The molecule has 0 saturated carbocycles. The summed E-state index contributed by atoms with van der Waals surface area (Å²) in [4.78, 5) is 0. The van der Waals surface area contributed by atoms with Crippen LogP contribution in [0.1, 0.15) is 12.7 Å². The van der Waals surface area contributed by atoms with Gasteiger partial charge in [0.2, 0.25) is 0 Å². The van der Waals surface area contributed by atoms with Crippen LogP contribution in [-0.2, 0) is 6.54 Å². The molecule has 16 heavy (non-hydrogen) atoms. The summed E-state index contributed by atoms with van der Waals surface area (Å²) in [5.41, 5.74) is 1.16. The molecule has 1 N–H and O–H groups in total. The van der Waals surface area contributed by atoms with Crippen LogP contribution in [0.4, 0.5) is 0 Å². The number of benzene rings is 1. The van der Waals surface area contributed by atoms with Crippen molar-refractivity contribution in [1.82, 2.24) is 5.32 Å². The largest absolute Gasteiger partial charge is 0.460 e. The van der Waals surface area contributed by atoms with Crippen LogP contribution in [-0.4, -0.2) is 6.54 Å². The van der Waals surface area contributed by atoms with Crippen LogP contribution < -0.4 is 5.32 Å². The number of nitrogens with one attached hydrogen (secondary N) is 1. The Morgan fingerprint density at radius 2 is 2.00 bits per heavy atom. The number of halogens is 1. The first-order valence-electron chi connectivity index (χ1n) is 5.35. The molecule has 1 heterocycles. The molecule has 0 aliphatic heterocycles. The Labute approximate surface area is 109 Å². The first-order chi connectivity index (χ1) is 7.81. The summed E-state index contributed by atoms with van der Waals surface area (Å²) in [5, 5.41) is 3.25. The highest BCUT2D eigenvalue weighted by Gasteiger charge is 2.06. The molecular weight excluding hydrogens is 313 g/mol. The molecule has 0 amide bonds. The Balaban J connectivity index is 2.22. The summed E-state index contributed by atoms with van der Waals surface area (Å²) in [6, 6.07) is 12.3. The van der Waals surface area contributed by atoms with Gasteiger partial charge < -0.3 is 9.73 Å². The predicted octanol–water partition coefficient (Wildman–Crippen LogP) is 3.66. The summed E-state index contributed by atoms with van der Waals surface area (Å²) in [6.45, 7) is 3.84. The highest BCUT2D eigenvalue weighted by molar-refractivity contribution is 14.1. The second-order valence-corrected chi connectivity index (χ2v) is 4.69. The third-order valence-electron chi connectivity index (χ3n) is 2.35. The average molecular weight is 327 g/mol. The molecule has 0 saturated heterocycles. The van der Waals surface area contributed by atoms with Gasteiger partial charge in [-0.05, 0) is 47.3 Å². The second kappa shape index (κ2) is 5.50. The van der Waals surface area contributed by atoms with Crippen molar-refractivity contribution in [2.45, 2.75) is 13.5 Å². The minimum Gasteiger partial charge on any atom is -0.460 e. The van der Waals surface area contributed by atoms with E-state index in [-0.39, 0.29) is 0 Å². The van der Waals surface area contributed by atoms with Crippen molar-refractivity contribution >= 4 is 22.6 Å². The molecule has 0 aliphatic carbocycles. The van der Waals surface area contributed by atoms with Gasteiger partial charge in [0.15, 0.2) is 0 Å². The van der Waals surface area contributed by atoms with Gasteiger partial charge in [-0.15, -0.1) is 0 Å². The summed E-state index contributed by atoms with van der Waals surface area (Å²) in [5.74, 6) is 1.93. The summed E-state index contributed by atoms with van der Waals surface area (Å²) < 4.78 is 7.00. The summed E-state index contributed by atoms with van der Waals surface area (Å²) in [6.07, 6.45) is 0. The van der Waals surface area contributed by atoms with E-state index in [1.165, 1.54) is 3.57 Å². The van der Waals surface area contributed by atoms with Crippen molar-refractivity contribution in [2.75, 3.05) is 6.54 Å². The number of hydrogen-bond donors (Lipinski definition) is 1. The number of rotatable bonds is 4. The lowest BCUT2D eigenvalue weighted by Gasteiger charge is -2.00. The molecule has 3 heteroatoms. The highest BCUT2D eigenvalue weighted by Crippen LogP contribution is 2.26. The first kappa shape index (κ1) is 11.7. The van der Waals surface area contributed by atoms with Gasteiger partial charge in [0.05, 0.1) is 6.54 Å². The van der Waals surface area contributed by atoms with E-state index < -0.39 is 0 Å². The summed E-state index contributed by atoms with van der Waals surface area (Å²) >= 11 is 2.33. The SMILES string of the molecule is CCNCc1ccc(-c2ccccc2I)o1. The quantitative estimate of drug-likeness (QED) is 0.867. The van der Waals surface area contributed by atoms with Gasteiger partial charge in [-0.25, -0.2) is 0 Å². The maximum atomic E-state index is 5.79. The standard InChI is InChI=1S/C13H14INO/c1-2-15-9-10-7-8-13(16-10)11-5-3-4-6-12(11)14/h3-8,15H,2,9H2,1H3. The highest BCUT2D eigenvalue weighted by atomic mass is 127. The van der Waals surface area contributed by atoms with Gasteiger partial charge in [-0.1, -0.05) is 25.1 Å². The number of hydrogen-bond acceptors (Lipinski definition) is 2. The van der Waals surface area contributed by atoms with Gasteiger partial charge in [0.25, 0.3) is 0 Å². The molecule has 2 rings (SSSR count). The maximum absolute atomic E-state index is 5.79. The maximum Gasteiger partial charge on any atom is 0.135 e. The van der Waals surface area contributed by atoms with Gasteiger partial charge in [-0.3, -0.25) is 0 Å². The van der Waals surface area contributed by atoms with Crippen molar-refractivity contribution in [2.24, 2.45) is 0 Å². The first-order valence-corrected chi connectivity index (χ1v) is 6.43. The predicted molar refractivity (Wildman–Crippen MR) is 74.2 cm³/mol. The Bertz CT molecular complexity index is 464. The molecular formula is C13H14INO. The lowest BCUT2D eigenvalue weighted by atomic mass is 10.2. The van der Waals surface area contributed by atoms with Crippen LogP contribution in [0.3, 0.4) is 0 Å². The minimum absolute atomic E-state index is 0.792. The lowest BCUT2D eigenvalue weighted by Crippen LogP contribution is -2.10. The topological polar surface area (TPSA) is 25.2 Å². The van der Waals surface area contributed by atoms with Crippen LogP contribution in [0.25, 0.3) is 11.3 Å². The van der Waals surface area contributed by atoms with Gasteiger partial charge >= 0.3 is 0 Å². The second-order valence-electron chi connectivity index (χ2n) is 3.53. The van der Waals surface area contributed by atoms with Crippen LogP contribution in [0, 0.1) is 3.57 Å². The minimum atomic E-state index is 0.792. The van der Waals surface area contributed by atoms with E-state index in [9.17, 15) is 0 Å². The van der Waals surface area contributed by atoms with Crippen molar-refractivity contribution in [3.8, 4) is 11.3 Å². The zero-order valence-electron chi connectivity index (χ0n) is 9.16. The van der Waals surface area contributed by atoms with Crippen LogP contribution in [0.5, 0.6) is 0 Å². The molecule has 0 radical (unpaired) electrons. The normalized spacial score (nSPS) is 10.6. The van der Waals surface area contributed by atoms with Gasteiger partial charge in [0, 0.05) is 9.13 Å². The molecule has 0 unspecified atom stereocenters. The van der Waals surface area contributed by atoms with Gasteiger partial charge in [-0.2, -0.15) is 0 Å². The Kier molecular flexibility index (Phi) is 4.01. The van der Waals surface area contributed by atoms with E-state index in [2.05, 4.69) is 47.0 Å². The van der Waals surface area contributed by atoms with Crippen molar-refractivity contribution in [3.63, 3.8) is 0 Å².